The van der Waals surface area contributed by atoms with Crippen molar-refractivity contribution in [3.8, 4) is 0 Å². The van der Waals surface area contributed by atoms with Gasteiger partial charge in [0.15, 0.2) is 0 Å². The maximum absolute atomic E-state index is 9.87. The van der Waals surface area contributed by atoms with Crippen LogP contribution in [0.1, 0.15) is 11.3 Å². The van der Waals surface area contributed by atoms with E-state index in [0.717, 1.165) is 17.0 Å². The molecule has 2 aromatic rings. The summed E-state index contributed by atoms with van der Waals surface area (Å²) in [5.41, 5.74) is 2.04. The van der Waals surface area contributed by atoms with Crippen LogP contribution in [0.5, 0.6) is 0 Å². The summed E-state index contributed by atoms with van der Waals surface area (Å²) in [6, 6.07) is 11.6. The number of rotatable bonds is 9. The Hall–Kier alpha value is -1.82. The van der Waals surface area contributed by atoms with E-state index in [2.05, 4.69) is 5.32 Å². The second kappa shape index (κ2) is 8.46. The van der Waals surface area contributed by atoms with Crippen molar-refractivity contribution >= 4 is 5.69 Å². The number of hydrogen-bond donors (Lipinski definition) is 2. The Balaban J connectivity index is 1.68. The van der Waals surface area contributed by atoms with Crippen LogP contribution in [0.3, 0.4) is 0 Å². The van der Waals surface area contributed by atoms with Gasteiger partial charge >= 0.3 is 0 Å². The van der Waals surface area contributed by atoms with E-state index < -0.39 is 6.10 Å². The normalized spacial score (nSPS) is 12.3. The van der Waals surface area contributed by atoms with Crippen LogP contribution in [0, 0.1) is 0 Å². The van der Waals surface area contributed by atoms with E-state index in [1.54, 1.807) is 13.4 Å². The number of furan rings is 1. The molecular weight excluding hydrogens is 270 g/mol. The van der Waals surface area contributed by atoms with Gasteiger partial charge in [-0.1, -0.05) is 12.1 Å². The molecule has 114 valence electrons. The Bertz CT molecular complexity index is 513. The summed E-state index contributed by atoms with van der Waals surface area (Å²) in [7, 11) is 1.67. The maximum atomic E-state index is 9.87. The second-order valence-corrected chi connectivity index (χ2v) is 4.76. The largest absolute Gasteiger partial charge is 0.467 e. The first-order valence-corrected chi connectivity index (χ1v) is 6.88. The van der Waals surface area contributed by atoms with Crippen LogP contribution in [0.15, 0.2) is 47.1 Å². The first kappa shape index (κ1) is 15.6. The number of methoxy groups -OCH3 is 1. The fourth-order valence-corrected chi connectivity index (χ4v) is 1.92. The van der Waals surface area contributed by atoms with E-state index in [9.17, 15) is 5.11 Å². The van der Waals surface area contributed by atoms with E-state index in [1.807, 2.05) is 36.4 Å². The molecule has 1 aromatic heterocycles. The lowest BCUT2D eigenvalue weighted by Gasteiger charge is -2.13. The summed E-state index contributed by atoms with van der Waals surface area (Å²) < 4.78 is 15.6. The standard InChI is InChI=1S/C16H21NO4/c1-19-10-13-4-2-5-14(8-13)17-9-15(18)11-20-12-16-6-3-7-21-16/h2-8,15,17-18H,9-12H2,1H3. The fourth-order valence-electron chi connectivity index (χ4n) is 1.92. The van der Waals surface area contributed by atoms with Crippen LogP contribution < -0.4 is 5.32 Å². The van der Waals surface area contributed by atoms with E-state index >= 15 is 0 Å². The van der Waals surface area contributed by atoms with Gasteiger partial charge in [0.1, 0.15) is 12.4 Å². The molecule has 2 N–H and O–H groups in total. The minimum Gasteiger partial charge on any atom is -0.467 e. The Morgan fingerprint density at radius 3 is 2.90 bits per heavy atom. The van der Waals surface area contributed by atoms with E-state index in [1.165, 1.54) is 0 Å². The minimum absolute atomic E-state index is 0.255. The van der Waals surface area contributed by atoms with Gasteiger partial charge in [-0.15, -0.1) is 0 Å². The van der Waals surface area contributed by atoms with Gasteiger partial charge in [0.05, 0.1) is 25.6 Å². The zero-order chi connectivity index (χ0) is 14.9. The van der Waals surface area contributed by atoms with Gasteiger partial charge in [0, 0.05) is 19.3 Å². The molecule has 1 aromatic carbocycles. The van der Waals surface area contributed by atoms with Gasteiger partial charge in [-0.25, -0.2) is 0 Å². The van der Waals surface area contributed by atoms with Crippen LogP contribution >= 0.6 is 0 Å². The summed E-state index contributed by atoms with van der Waals surface area (Å²) in [5, 5.41) is 13.0. The average Bonchev–Trinajstić information content (AvgIpc) is 2.99. The van der Waals surface area contributed by atoms with Crippen molar-refractivity contribution in [2.45, 2.75) is 19.3 Å². The van der Waals surface area contributed by atoms with E-state index in [4.69, 9.17) is 13.9 Å². The summed E-state index contributed by atoms with van der Waals surface area (Å²) in [6.07, 6.45) is 1.02. The predicted octanol–water partition coefficient (Wildman–Crippen LogP) is 2.42. The molecule has 0 aliphatic heterocycles. The highest BCUT2D eigenvalue weighted by molar-refractivity contribution is 5.45. The molecule has 21 heavy (non-hydrogen) atoms. The quantitative estimate of drug-likeness (QED) is 0.743. The molecule has 5 nitrogen and oxygen atoms in total. The average molecular weight is 291 g/mol. The summed E-state index contributed by atoms with van der Waals surface area (Å²) in [5.74, 6) is 0.752. The fraction of sp³-hybridized carbons (Fsp3) is 0.375. The summed E-state index contributed by atoms with van der Waals surface area (Å²) in [6.45, 7) is 1.62. The number of anilines is 1. The first-order valence-electron chi connectivity index (χ1n) is 6.88. The second-order valence-electron chi connectivity index (χ2n) is 4.76. The van der Waals surface area contributed by atoms with Gasteiger partial charge in [-0.05, 0) is 29.8 Å². The molecule has 0 spiro atoms. The highest BCUT2D eigenvalue weighted by Crippen LogP contribution is 2.11. The number of aliphatic hydroxyl groups is 1. The molecule has 1 heterocycles. The molecular formula is C16H21NO4. The van der Waals surface area contributed by atoms with Gasteiger partial charge in [0.25, 0.3) is 0 Å². The monoisotopic (exact) mass is 291 g/mol. The number of aliphatic hydroxyl groups excluding tert-OH is 1. The van der Waals surface area contributed by atoms with Crippen LogP contribution in [-0.2, 0) is 22.7 Å². The highest BCUT2D eigenvalue weighted by atomic mass is 16.5. The lowest BCUT2D eigenvalue weighted by molar-refractivity contribution is 0.0282. The third-order valence-corrected chi connectivity index (χ3v) is 2.91. The molecule has 1 unspecified atom stereocenters. The third kappa shape index (κ3) is 5.59. The molecule has 0 bridgehead atoms. The molecule has 5 heteroatoms. The topological polar surface area (TPSA) is 63.9 Å². The number of benzene rings is 1. The van der Waals surface area contributed by atoms with E-state index in [-0.39, 0.29) is 6.61 Å². The number of nitrogens with one attached hydrogen (secondary N) is 1. The molecule has 0 aliphatic carbocycles. The van der Waals surface area contributed by atoms with Crippen molar-refractivity contribution in [2.75, 3.05) is 25.6 Å². The van der Waals surface area contributed by atoms with Gasteiger partial charge in [-0.2, -0.15) is 0 Å². The van der Waals surface area contributed by atoms with Gasteiger partial charge in [0.2, 0.25) is 0 Å². The highest BCUT2D eigenvalue weighted by Gasteiger charge is 2.05. The Labute approximate surface area is 124 Å². The lowest BCUT2D eigenvalue weighted by atomic mass is 10.2. The molecule has 0 saturated heterocycles. The molecule has 0 fully saturated rings. The predicted molar refractivity (Wildman–Crippen MR) is 80.0 cm³/mol. The summed E-state index contributed by atoms with van der Waals surface area (Å²) in [4.78, 5) is 0. The zero-order valence-electron chi connectivity index (χ0n) is 12.1. The Kier molecular flexibility index (Phi) is 6.27. The van der Waals surface area contributed by atoms with E-state index in [0.29, 0.717) is 19.8 Å². The molecule has 0 aliphatic rings. The zero-order valence-corrected chi connectivity index (χ0v) is 12.1. The van der Waals surface area contributed by atoms with Crippen molar-refractivity contribution in [3.63, 3.8) is 0 Å². The van der Waals surface area contributed by atoms with Gasteiger partial charge in [-0.3, -0.25) is 0 Å². The SMILES string of the molecule is COCc1cccc(NCC(O)COCc2ccco2)c1. The Morgan fingerprint density at radius 2 is 2.14 bits per heavy atom. The third-order valence-electron chi connectivity index (χ3n) is 2.91. The van der Waals surface area contributed by atoms with Crippen LogP contribution in [0.25, 0.3) is 0 Å². The molecule has 0 saturated carbocycles. The molecule has 1 atom stereocenters. The maximum Gasteiger partial charge on any atom is 0.129 e. The van der Waals surface area contributed by atoms with Crippen molar-refractivity contribution in [3.05, 3.63) is 54.0 Å². The molecule has 0 amide bonds. The van der Waals surface area contributed by atoms with Crippen LogP contribution in [0.4, 0.5) is 5.69 Å². The minimum atomic E-state index is -0.578. The van der Waals surface area contributed by atoms with Crippen molar-refractivity contribution < 1.29 is 19.0 Å². The van der Waals surface area contributed by atoms with Crippen molar-refractivity contribution in [2.24, 2.45) is 0 Å². The molecule has 2 rings (SSSR count). The van der Waals surface area contributed by atoms with Gasteiger partial charge < -0.3 is 24.3 Å². The Morgan fingerprint density at radius 1 is 1.24 bits per heavy atom. The van der Waals surface area contributed by atoms with Crippen molar-refractivity contribution in [1.82, 2.24) is 0 Å². The van der Waals surface area contributed by atoms with Crippen LogP contribution in [0.2, 0.25) is 0 Å². The lowest BCUT2D eigenvalue weighted by Crippen LogP contribution is -2.24. The van der Waals surface area contributed by atoms with Crippen LogP contribution in [-0.4, -0.2) is 31.5 Å². The number of ether oxygens (including phenoxy) is 2. The smallest absolute Gasteiger partial charge is 0.129 e. The first-order chi connectivity index (χ1) is 10.3. The summed E-state index contributed by atoms with van der Waals surface area (Å²) >= 11 is 0. The van der Waals surface area contributed by atoms with Crippen molar-refractivity contribution in [1.29, 1.82) is 0 Å². The molecule has 0 radical (unpaired) electrons. The number of hydrogen-bond acceptors (Lipinski definition) is 5.